The molecule has 94 valence electrons. The van der Waals surface area contributed by atoms with Gasteiger partial charge in [0.1, 0.15) is 6.10 Å². The first-order valence-corrected chi connectivity index (χ1v) is 5.96. The van der Waals surface area contributed by atoms with Crippen molar-refractivity contribution in [2.75, 3.05) is 0 Å². The van der Waals surface area contributed by atoms with E-state index in [9.17, 15) is 9.59 Å². The zero-order chi connectivity index (χ0) is 13.1. The standard InChI is InChI=1S/C14H15NO3/c1-3-7-10(4-2)18-15-13(16)11-8-5-6-9-12(11)14(15)17/h3,5-10H,4H2,1-2H3. The number of hydroxylamine groups is 2. The maximum Gasteiger partial charge on any atom is 0.285 e. The second kappa shape index (κ2) is 5.14. The number of rotatable bonds is 4. The average molecular weight is 245 g/mol. The van der Waals surface area contributed by atoms with E-state index in [1.165, 1.54) is 0 Å². The maximum atomic E-state index is 12.0. The molecule has 0 saturated carbocycles. The molecule has 2 amide bonds. The van der Waals surface area contributed by atoms with E-state index in [0.717, 1.165) is 5.06 Å². The zero-order valence-corrected chi connectivity index (χ0v) is 10.4. The lowest BCUT2D eigenvalue weighted by Gasteiger charge is -2.18. The number of nitrogens with zero attached hydrogens (tertiary/aromatic N) is 1. The smallest absolute Gasteiger partial charge is 0.266 e. The lowest BCUT2D eigenvalue weighted by atomic mass is 10.1. The number of hydrogen-bond donors (Lipinski definition) is 0. The predicted octanol–water partition coefficient (Wildman–Crippen LogP) is 2.57. The van der Waals surface area contributed by atoms with Crippen LogP contribution < -0.4 is 0 Å². The summed E-state index contributed by atoms with van der Waals surface area (Å²) in [5.41, 5.74) is 0.802. The van der Waals surface area contributed by atoms with Gasteiger partial charge in [-0.25, -0.2) is 0 Å². The van der Waals surface area contributed by atoms with Gasteiger partial charge in [-0.3, -0.25) is 14.4 Å². The van der Waals surface area contributed by atoms with Crippen LogP contribution in [-0.4, -0.2) is 23.0 Å². The third-order valence-corrected chi connectivity index (χ3v) is 2.81. The fraction of sp³-hybridized carbons (Fsp3) is 0.286. The van der Waals surface area contributed by atoms with Crippen LogP contribution in [0.3, 0.4) is 0 Å². The van der Waals surface area contributed by atoms with Gasteiger partial charge in [-0.1, -0.05) is 31.2 Å². The molecule has 0 aliphatic carbocycles. The van der Waals surface area contributed by atoms with Crippen molar-refractivity contribution in [2.24, 2.45) is 0 Å². The zero-order valence-electron chi connectivity index (χ0n) is 10.4. The molecule has 1 aliphatic rings. The lowest BCUT2D eigenvalue weighted by molar-refractivity contribution is -0.117. The molecule has 0 spiro atoms. The summed E-state index contributed by atoms with van der Waals surface area (Å²) in [6.07, 6.45) is 4.09. The molecule has 1 unspecified atom stereocenters. The van der Waals surface area contributed by atoms with Gasteiger partial charge in [-0.2, -0.15) is 0 Å². The molecule has 4 heteroatoms. The van der Waals surface area contributed by atoms with Crippen molar-refractivity contribution in [1.29, 1.82) is 0 Å². The predicted molar refractivity (Wildman–Crippen MR) is 66.9 cm³/mol. The molecular formula is C14H15NO3. The number of hydrogen-bond acceptors (Lipinski definition) is 3. The molecule has 1 atom stereocenters. The Kier molecular flexibility index (Phi) is 3.58. The van der Waals surface area contributed by atoms with Crippen LogP contribution in [0.15, 0.2) is 36.4 Å². The summed E-state index contributed by atoms with van der Waals surface area (Å²) in [7, 11) is 0. The highest BCUT2D eigenvalue weighted by atomic mass is 16.7. The molecule has 1 aromatic rings. The van der Waals surface area contributed by atoms with Crippen molar-refractivity contribution in [3.8, 4) is 0 Å². The second-order valence-corrected chi connectivity index (χ2v) is 4.03. The van der Waals surface area contributed by atoms with Crippen molar-refractivity contribution < 1.29 is 14.4 Å². The van der Waals surface area contributed by atoms with Crippen molar-refractivity contribution in [3.05, 3.63) is 47.5 Å². The van der Waals surface area contributed by atoms with Gasteiger partial charge in [-0.05, 0) is 25.5 Å². The Bertz CT molecular complexity index is 473. The Labute approximate surface area is 106 Å². The molecule has 18 heavy (non-hydrogen) atoms. The molecular weight excluding hydrogens is 230 g/mol. The van der Waals surface area contributed by atoms with Gasteiger partial charge >= 0.3 is 0 Å². The van der Waals surface area contributed by atoms with Crippen molar-refractivity contribution in [1.82, 2.24) is 5.06 Å². The summed E-state index contributed by atoms with van der Waals surface area (Å²) in [6, 6.07) is 6.73. The molecule has 1 aromatic carbocycles. The number of fused-ring (bicyclic) bond motifs is 1. The van der Waals surface area contributed by atoms with Gasteiger partial charge < -0.3 is 0 Å². The molecule has 0 saturated heterocycles. The molecule has 0 radical (unpaired) electrons. The van der Waals surface area contributed by atoms with Crippen LogP contribution in [0.25, 0.3) is 0 Å². The largest absolute Gasteiger partial charge is 0.285 e. The number of carbonyl (C=O) groups excluding carboxylic acids is 2. The fourth-order valence-corrected chi connectivity index (χ4v) is 1.86. The van der Waals surface area contributed by atoms with E-state index in [-0.39, 0.29) is 6.10 Å². The Morgan fingerprint density at radius 2 is 1.78 bits per heavy atom. The third kappa shape index (κ3) is 2.07. The topological polar surface area (TPSA) is 46.6 Å². The number of carbonyl (C=O) groups is 2. The first-order valence-electron chi connectivity index (χ1n) is 5.96. The second-order valence-electron chi connectivity index (χ2n) is 4.03. The summed E-state index contributed by atoms with van der Waals surface area (Å²) in [6.45, 7) is 3.80. The molecule has 2 rings (SSSR count). The van der Waals surface area contributed by atoms with Crippen molar-refractivity contribution in [2.45, 2.75) is 26.4 Å². The molecule has 4 nitrogen and oxygen atoms in total. The van der Waals surface area contributed by atoms with E-state index >= 15 is 0 Å². The van der Waals surface area contributed by atoms with Crippen LogP contribution in [0.1, 0.15) is 41.0 Å². The van der Waals surface area contributed by atoms with E-state index < -0.39 is 11.8 Å². The minimum atomic E-state index is -0.390. The Balaban J connectivity index is 2.23. The van der Waals surface area contributed by atoms with Crippen molar-refractivity contribution >= 4 is 11.8 Å². The van der Waals surface area contributed by atoms with Gasteiger partial charge in [0.25, 0.3) is 11.8 Å². The van der Waals surface area contributed by atoms with E-state index in [2.05, 4.69) is 0 Å². The Morgan fingerprint density at radius 3 is 2.22 bits per heavy atom. The third-order valence-electron chi connectivity index (χ3n) is 2.81. The lowest BCUT2D eigenvalue weighted by Crippen LogP contribution is -2.33. The van der Waals surface area contributed by atoms with Gasteiger partial charge in [-0.15, -0.1) is 5.06 Å². The van der Waals surface area contributed by atoms with Gasteiger partial charge in [0, 0.05) is 0 Å². The number of allylic oxidation sites excluding steroid dienone is 1. The van der Waals surface area contributed by atoms with Gasteiger partial charge in [0.15, 0.2) is 0 Å². The van der Waals surface area contributed by atoms with Crippen molar-refractivity contribution in [3.63, 3.8) is 0 Å². The minimum absolute atomic E-state index is 0.266. The van der Waals surface area contributed by atoms with Crippen LogP contribution >= 0.6 is 0 Å². The quantitative estimate of drug-likeness (QED) is 0.605. The van der Waals surface area contributed by atoms with E-state index in [4.69, 9.17) is 4.84 Å². The van der Waals surface area contributed by atoms with Crippen LogP contribution in [0.2, 0.25) is 0 Å². The van der Waals surface area contributed by atoms with Gasteiger partial charge in [0.05, 0.1) is 11.1 Å². The van der Waals surface area contributed by atoms with Gasteiger partial charge in [0.2, 0.25) is 0 Å². The first-order chi connectivity index (χ1) is 8.69. The minimum Gasteiger partial charge on any atom is -0.266 e. The molecule has 0 fully saturated rings. The monoisotopic (exact) mass is 245 g/mol. The highest BCUT2D eigenvalue weighted by Gasteiger charge is 2.37. The maximum absolute atomic E-state index is 12.0. The van der Waals surface area contributed by atoms with Crippen LogP contribution in [-0.2, 0) is 4.84 Å². The SMILES string of the molecule is CC=CC(CC)ON1C(=O)c2ccccc2C1=O. The molecule has 0 bridgehead atoms. The number of amides is 2. The highest BCUT2D eigenvalue weighted by Crippen LogP contribution is 2.23. The fourth-order valence-electron chi connectivity index (χ4n) is 1.86. The molecule has 1 heterocycles. The molecule has 0 N–H and O–H groups in total. The Morgan fingerprint density at radius 1 is 1.22 bits per heavy atom. The van der Waals surface area contributed by atoms with Crippen LogP contribution in [0.4, 0.5) is 0 Å². The molecule has 0 aromatic heterocycles. The molecule has 1 aliphatic heterocycles. The summed E-state index contributed by atoms with van der Waals surface area (Å²) < 4.78 is 0. The van der Waals surface area contributed by atoms with E-state index in [1.807, 2.05) is 26.0 Å². The number of imide groups is 1. The van der Waals surface area contributed by atoms with E-state index in [1.54, 1.807) is 24.3 Å². The normalized spacial score (nSPS) is 16.4. The summed E-state index contributed by atoms with van der Waals surface area (Å²) in [4.78, 5) is 29.5. The summed E-state index contributed by atoms with van der Waals surface area (Å²) >= 11 is 0. The highest BCUT2D eigenvalue weighted by molar-refractivity contribution is 6.20. The Hall–Kier alpha value is -1.94. The average Bonchev–Trinajstić information content (AvgIpc) is 2.64. The van der Waals surface area contributed by atoms with Crippen LogP contribution in [0.5, 0.6) is 0 Å². The van der Waals surface area contributed by atoms with E-state index in [0.29, 0.717) is 17.5 Å². The number of benzene rings is 1. The van der Waals surface area contributed by atoms with Crippen LogP contribution in [0, 0.1) is 0 Å². The summed E-state index contributed by atoms with van der Waals surface area (Å²) in [5, 5.41) is 0.860. The summed E-state index contributed by atoms with van der Waals surface area (Å²) in [5.74, 6) is -0.780. The first kappa shape index (κ1) is 12.5.